The van der Waals surface area contributed by atoms with E-state index in [1.807, 2.05) is 12.3 Å². The first-order valence-corrected chi connectivity index (χ1v) is 10.2. The number of thiazole rings is 1. The molecule has 3 aromatic rings. The highest BCUT2D eigenvalue weighted by molar-refractivity contribution is 7.92. The van der Waals surface area contributed by atoms with Crippen LogP contribution in [0.3, 0.4) is 0 Å². The van der Waals surface area contributed by atoms with Crippen LogP contribution in [-0.2, 0) is 10.0 Å². The van der Waals surface area contributed by atoms with Gasteiger partial charge >= 0.3 is 6.36 Å². The molecular formula is C17H14F3N3O3S2. The largest absolute Gasteiger partial charge is 0.573 e. The van der Waals surface area contributed by atoms with Gasteiger partial charge in [0, 0.05) is 11.1 Å². The SMILES string of the molecule is Cc1csc(Nc2cccc(NS(=O)(=O)c3ccccc3OC(F)(F)F)c2)n1. The number of anilines is 3. The second kappa shape index (κ2) is 7.68. The van der Waals surface area contributed by atoms with Crippen LogP contribution in [-0.4, -0.2) is 19.8 Å². The number of rotatable bonds is 6. The van der Waals surface area contributed by atoms with E-state index in [1.54, 1.807) is 12.1 Å². The molecule has 0 aliphatic rings. The van der Waals surface area contributed by atoms with E-state index in [0.29, 0.717) is 10.8 Å². The first-order valence-electron chi connectivity index (χ1n) is 7.79. The summed E-state index contributed by atoms with van der Waals surface area (Å²) in [6.45, 7) is 1.84. The number of nitrogens with zero attached hydrogens (tertiary/aromatic N) is 1. The Labute approximate surface area is 163 Å². The van der Waals surface area contributed by atoms with Crippen LogP contribution >= 0.6 is 11.3 Å². The molecule has 0 spiro atoms. The molecular weight excluding hydrogens is 415 g/mol. The van der Waals surface area contributed by atoms with Crippen LogP contribution in [0.1, 0.15) is 5.69 Å². The van der Waals surface area contributed by atoms with Gasteiger partial charge in [-0.05, 0) is 37.3 Å². The second-order valence-electron chi connectivity index (χ2n) is 5.60. The molecule has 11 heteroatoms. The van der Waals surface area contributed by atoms with Crippen molar-refractivity contribution in [2.24, 2.45) is 0 Å². The molecule has 0 aliphatic carbocycles. The van der Waals surface area contributed by atoms with Gasteiger partial charge in [-0.15, -0.1) is 24.5 Å². The summed E-state index contributed by atoms with van der Waals surface area (Å²) in [7, 11) is -4.32. The van der Waals surface area contributed by atoms with Gasteiger partial charge in [-0.2, -0.15) is 0 Å². The molecule has 0 saturated carbocycles. The number of nitrogens with one attached hydrogen (secondary N) is 2. The number of alkyl halides is 3. The average molecular weight is 429 g/mol. The van der Waals surface area contributed by atoms with Gasteiger partial charge in [0.05, 0.1) is 11.4 Å². The van der Waals surface area contributed by atoms with Crippen LogP contribution in [0.25, 0.3) is 0 Å². The summed E-state index contributed by atoms with van der Waals surface area (Å²) >= 11 is 1.38. The Morgan fingerprint density at radius 3 is 2.46 bits per heavy atom. The number of hydrogen-bond acceptors (Lipinski definition) is 6. The number of para-hydroxylation sites is 1. The van der Waals surface area contributed by atoms with E-state index in [1.165, 1.54) is 35.6 Å². The predicted octanol–water partition coefficient (Wildman–Crippen LogP) is 4.89. The van der Waals surface area contributed by atoms with Crippen molar-refractivity contribution in [3.8, 4) is 5.75 Å². The highest BCUT2D eigenvalue weighted by Crippen LogP contribution is 2.31. The van der Waals surface area contributed by atoms with Gasteiger partial charge in [0.2, 0.25) is 0 Å². The van der Waals surface area contributed by atoms with Crippen LogP contribution in [0, 0.1) is 6.92 Å². The van der Waals surface area contributed by atoms with Crippen LogP contribution in [0.5, 0.6) is 5.75 Å². The summed E-state index contributed by atoms with van der Waals surface area (Å²) in [5.74, 6) is -0.810. The maximum absolute atomic E-state index is 12.6. The van der Waals surface area contributed by atoms with E-state index in [-0.39, 0.29) is 5.69 Å². The topological polar surface area (TPSA) is 80.3 Å². The lowest BCUT2D eigenvalue weighted by Crippen LogP contribution is -2.20. The van der Waals surface area contributed by atoms with Crippen LogP contribution in [0.15, 0.2) is 58.8 Å². The number of sulfonamides is 1. The van der Waals surface area contributed by atoms with Crippen molar-refractivity contribution in [2.45, 2.75) is 18.2 Å². The van der Waals surface area contributed by atoms with E-state index < -0.39 is 27.0 Å². The van der Waals surface area contributed by atoms with Crippen LogP contribution < -0.4 is 14.8 Å². The Balaban J connectivity index is 1.84. The molecule has 0 aliphatic heterocycles. The van der Waals surface area contributed by atoms with E-state index in [2.05, 4.69) is 19.8 Å². The van der Waals surface area contributed by atoms with E-state index in [4.69, 9.17) is 0 Å². The predicted molar refractivity (Wildman–Crippen MR) is 101 cm³/mol. The third-order valence-corrected chi connectivity index (χ3v) is 5.65. The van der Waals surface area contributed by atoms with Gasteiger partial charge in [0.1, 0.15) is 10.6 Å². The molecule has 0 amide bonds. The number of ether oxygens (including phenoxy) is 1. The summed E-state index contributed by atoms with van der Waals surface area (Å²) in [4.78, 5) is 3.63. The smallest absolute Gasteiger partial charge is 0.404 e. The summed E-state index contributed by atoms with van der Waals surface area (Å²) in [5, 5.41) is 5.51. The fraction of sp³-hybridized carbons (Fsp3) is 0.118. The van der Waals surface area contributed by atoms with Crippen molar-refractivity contribution in [2.75, 3.05) is 10.0 Å². The maximum atomic E-state index is 12.6. The standard InChI is InChI=1S/C17H14F3N3O3S2/c1-11-10-27-16(21-11)22-12-5-4-6-13(9-12)23-28(24,25)15-8-3-2-7-14(15)26-17(18,19)20/h2-10,23H,1H3,(H,21,22). The van der Waals surface area contributed by atoms with Crippen molar-refractivity contribution in [1.29, 1.82) is 0 Å². The number of aromatic nitrogens is 1. The zero-order valence-electron chi connectivity index (χ0n) is 14.3. The normalized spacial score (nSPS) is 11.9. The molecule has 0 bridgehead atoms. The lowest BCUT2D eigenvalue weighted by atomic mass is 10.3. The fourth-order valence-corrected chi connectivity index (χ4v) is 4.17. The minimum atomic E-state index is -5.01. The Morgan fingerprint density at radius 1 is 1.07 bits per heavy atom. The zero-order valence-corrected chi connectivity index (χ0v) is 16.0. The van der Waals surface area contributed by atoms with Gasteiger partial charge in [0.15, 0.2) is 5.13 Å². The molecule has 0 atom stereocenters. The second-order valence-corrected chi connectivity index (χ2v) is 8.11. The molecule has 2 aromatic carbocycles. The van der Waals surface area contributed by atoms with Gasteiger partial charge in [-0.25, -0.2) is 13.4 Å². The zero-order chi connectivity index (χ0) is 20.4. The maximum Gasteiger partial charge on any atom is 0.573 e. The highest BCUT2D eigenvalue weighted by atomic mass is 32.2. The van der Waals surface area contributed by atoms with Crippen LogP contribution in [0.4, 0.5) is 29.7 Å². The van der Waals surface area contributed by atoms with Crippen LogP contribution in [0.2, 0.25) is 0 Å². The summed E-state index contributed by atoms with van der Waals surface area (Å²) < 4.78 is 68.9. The van der Waals surface area contributed by atoms with Gasteiger partial charge in [-0.3, -0.25) is 4.72 Å². The highest BCUT2D eigenvalue weighted by Gasteiger charge is 2.34. The number of aryl methyl sites for hydroxylation is 1. The number of benzene rings is 2. The first-order chi connectivity index (χ1) is 13.1. The Morgan fingerprint density at radius 2 is 1.79 bits per heavy atom. The van der Waals surface area contributed by atoms with E-state index in [0.717, 1.165) is 17.8 Å². The molecule has 6 nitrogen and oxygen atoms in total. The minimum Gasteiger partial charge on any atom is -0.404 e. The fourth-order valence-electron chi connectivity index (χ4n) is 2.29. The van der Waals surface area contributed by atoms with Gasteiger partial charge in [0.25, 0.3) is 10.0 Å². The molecule has 3 rings (SSSR count). The van der Waals surface area contributed by atoms with Crippen molar-refractivity contribution < 1.29 is 26.3 Å². The molecule has 28 heavy (non-hydrogen) atoms. The Bertz CT molecular complexity index is 1080. The first kappa shape index (κ1) is 20.0. The van der Waals surface area contributed by atoms with Gasteiger partial charge in [-0.1, -0.05) is 18.2 Å². The minimum absolute atomic E-state index is 0.167. The summed E-state index contributed by atoms with van der Waals surface area (Å²) in [6, 6.07) is 10.8. The molecule has 0 saturated heterocycles. The Hall–Kier alpha value is -2.79. The molecule has 1 aromatic heterocycles. The molecule has 2 N–H and O–H groups in total. The molecule has 0 radical (unpaired) electrons. The van der Waals surface area contributed by atoms with Crippen molar-refractivity contribution in [3.05, 3.63) is 59.6 Å². The molecule has 1 heterocycles. The van der Waals surface area contributed by atoms with Crippen molar-refractivity contribution in [3.63, 3.8) is 0 Å². The lowest BCUT2D eigenvalue weighted by molar-refractivity contribution is -0.275. The Kier molecular flexibility index (Phi) is 5.47. The van der Waals surface area contributed by atoms with Gasteiger partial charge < -0.3 is 10.1 Å². The third-order valence-electron chi connectivity index (χ3n) is 3.35. The molecule has 0 fully saturated rings. The molecule has 148 valence electrons. The molecule has 0 unspecified atom stereocenters. The number of halogens is 3. The number of hydrogen-bond donors (Lipinski definition) is 2. The monoisotopic (exact) mass is 429 g/mol. The lowest BCUT2D eigenvalue weighted by Gasteiger charge is -2.14. The summed E-state index contributed by atoms with van der Waals surface area (Å²) in [5.41, 5.74) is 1.57. The quantitative estimate of drug-likeness (QED) is 0.583. The van der Waals surface area contributed by atoms with E-state index in [9.17, 15) is 21.6 Å². The summed E-state index contributed by atoms with van der Waals surface area (Å²) in [6.07, 6.45) is -5.01. The van der Waals surface area contributed by atoms with Crippen molar-refractivity contribution >= 4 is 37.9 Å². The average Bonchev–Trinajstić information content (AvgIpc) is 2.98. The van der Waals surface area contributed by atoms with E-state index >= 15 is 0 Å². The van der Waals surface area contributed by atoms with Crippen molar-refractivity contribution in [1.82, 2.24) is 4.98 Å². The third kappa shape index (κ3) is 5.14.